The lowest BCUT2D eigenvalue weighted by molar-refractivity contribution is 0.385. The molecule has 61 heavy (non-hydrogen) atoms. The summed E-state index contributed by atoms with van der Waals surface area (Å²) in [4.78, 5) is 2.73. The van der Waals surface area contributed by atoms with Crippen molar-refractivity contribution in [1.82, 2.24) is 0 Å². The average Bonchev–Trinajstić information content (AvgIpc) is 3.63. The van der Waals surface area contributed by atoms with Crippen LogP contribution in [0.4, 0.5) is 11.4 Å². The second-order valence-corrected chi connectivity index (χ2v) is 19.4. The summed E-state index contributed by atoms with van der Waals surface area (Å²) in [5.41, 5.74) is 17.8. The maximum Gasteiger partial charge on any atom is 0.0836 e. The van der Waals surface area contributed by atoms with Crippen molar-refractivity contribution >= 4 is 11.4 Å². The van der Waals surface area contributed by atoms with Gasteiger partial charge in [0.1, 0.15) is 0 Å². The molecule has 0 saturated carbocycles. The van der Waals surface area contributed by atoms with Crippen molar-refractivity contribution < 1.29 is 0 Å². The van der Waals surface area contributed by atoms with Gasteiger partial charge in [-0.15, -0.1) is 0 Å². The van der Waals surface area contributed by atoms with Crippen LogP contribution in [0.3, 0.4) is 0 Å². The standard InChI is InChI=1S/C60H51N/c1-55(2)44-31-17-18-32-45(44)58(5)51(55)39-57(4)53-54(58)59(6)46-33-19-20-34-47(46)60(41-26-12-8-13-27-41,42-28-14-9-15-29-42)52(59)38-56(53,3)48-35-21-23-37-50(48)61(57)49-36-22-16-30-43(49)40-24-10-7-11-25-40/h7-39H,1-6H3. The molecule has 1 heterocycles. The predicted molar refractivity (Wildman–Crippen MR) is 253 cm³/mol. The van der Waals surface area contributed by atoms with Crippen LogP contribution in [0.1, 0.15) is 80.5 Å². The third kappa shape index (κ3) is 4.23. The normalized spacial score (nSPS) is 26.8. The van der Waals surface area contributed by atoms with E-state index in [1.807, 2.05) is 0 Å². The van der Waals surface area contributed by atoms with Gasteiger partial charge in [0, 0.05) is 32.9 Å². The van der Waals surface area contributed by atoms with Gasteiger partial charge in [0.25, 0.3) is 0 Å². The molecular formula is C60H51N. The van der Waals surface area contributed by atoms with Crippen LogP contribution in [0.2, 0.25) is 0 Å². The van der Waals surface area contributed by atoms with Gasteiger partial charge in [-0.1, -0.05) is 202 Å². The quantitative estimate of drug-likeness (QED) is 0.161. The summed E-state index contributed by atoms with van der Waals surface area (Å²) in [6.45, 7) is 15.3. The Kier molecular flexibility index (Phi) is 7.23. The Morgan fingerprint density at radius 1 is 0.361 bits per heavy atom. The zero-order chi connectivity index (χ0) is 41.6. The van der Waals surface area contributed by atoms with Crippen LogP contribution in [0, 0.1) is 0 Å². The zero-order valence-corrected chi connectivity index (χ0v) is 36.0. The Balaban J connectivity index is 1.30. The maximum absolute atomic E-state index is 2.78. The predicted octanol–water partition coefficient (Wildman–Crippen LogP) is 14.3. The van der Waals surface area contributed by atoms with Gasteiger partial charge in [0.05, 0.1) is 16.6 Å². The average molecular weight is 786 g/mol. The first-order valence-corrected chi connectivity index (χ1v) is 22.1. The third-order valence-electron chi connectivity index (χ3n) is 16.1. The lowest BCUT2D eigenvalue weighted by Crippen LogP contribution is -2.61. The van der Waals surface area contributed by atoms with Gasteiger partial charge >= 0.3 is 0 Å². The summed E-state index contributed by atoms with van der Waals surface area (Å²) in [5.74, 6) is 0. The zero-order valence-electron chi connectivity index (χ0n) is 36.0. The molecule has 7 aromatic carbocycles. The molecule has 0 bridgehead atoms. The number of hydrogen-bond acceptors (Lipinski definition) is 1. The van der Waals surface area contributed by atoms with Crippen molar-refractivity contribution in [2.24, 2.45) is 0 Å². The molecule has 1 nitrogen and oxygen atoms in total. The molecule has 4 unspecified atom stereocenters. The van der Waals surface area contributed by atoms with Gasteiger partial charge < -0.3 is 4.90 Å². The van der Waals surface area contributed by atoms with Crippen LogP contribution >= 0.6 is 0 Å². The van der Waals surface area contributed by atoms with Crippen LogP contribution in [-0.2, 0) is 27.1 Å². The molecule has 4 atom stereocenters. The monoisotopic (exact) mass is 785 g/mol. The summed E-state index contributed by atoms with van der Waals surface area (Å²) in [6.07, 6.45) is 5.52. The first-order chi connectivity index (χ1) is 29.5. The van der Waals surface area contributed by atoms with E-state index in [1.54, 1.807) is 0 Å². The SMILES string of the molecule is CC1(C)C2=CC3(C)C4=C(C2(C)c2ccccc21)C1(C)C(=CC4(C)c2ccccc2N3c2ccccc2-c2ccccc2)C(c2ccccc2)(c2ccccc2)c2ccccc21. The second-order valence-electron chi connectivity index (χ2n) is 19.4. The Bertz CT molecular complexity index is 3020. The number of rotatable bonds is 4. The number of fused-ring (bicyclic) bond motifs is 10. The Labute approximate surface area is 361 Å². The maximum atomic E-state index is 2.78. The van der Waals surface area contributed by atoms with Gasteiger partial charge in [-0.25, -0.2) is 0 Å². The summed E-state index contributed by atoms with van der Waals surface area (Å²) >= 11 is 0. The van der Waals surface area contributed by atoms with E-state index in [-0.39, 0.29) is 5.41 Å². The van der Waals surface area contributed by atoms with E-state index < -0.39 is 27.2 Å². The summed E-state index contributed by atoms with van der Waals surface area (Å²) in [5, 5.41) is 0. The van der Waals surface area contributed by atoms with Crippen molar-refractivity contribution in [2.45, 2.75) is 74.2 Å². The molecule has 0 N–H and O–H groups in total. The van der Waals surface area contributed by atoms with Gasteiger partial charge in [-0.05, 0) is 107 Å². The number of benzene rings is 7. The van der Waals surface area contributed by atoms with Gasteiger partial charge in [0.2, 0.25) is 0 Å². The number of hydrogen-bond donors (Lipinski definition) is 0. The van der Waals surface area contributed by atoms with Crippen LogP contribution in [0.15, 0.2) is 223 Å². The number of nitrogens with zero attached hydrogens (tertiary/aromatic N) is 1. The van der Waals surface area contributed by atoms with E-state index >= 15 is 0 Å². The molecule has 5 aliphatic rings. The van der Waals surface area contributed by atoms with Gasteiger partial charge in [0.15, 0.2) is 0 Å². The third-order valence-corrected chi connectivity index (χ3v) is 16.1. The van der Waals surface area contributed by atoms with E-state index in [0.29, 0.717) is 0 Å². The number of anilines is 2. The van der Waals surface area contributed by atoms with E-state index in [4.69, 9.17) is 0 Å². The van der Waals surface area contributed by atoms with E-state index in [0.717, 1.165) is 0 Å². The van der Waals surface area contributed by atoms with Gasteiger partial charge in [-0.3, -0.25) is 0 Å². The molecule has 0 amide bonds. The lowest BCUT2D eigenvalue weighted by atomic mass is 9.44. The molecule has 1 heteroatoms. The van der Waals surface area contributed by atoms with Crippen molar-refractivity contribution in [3.05, 3.63) is 261 Å². The second kappa shape index (κ2) is 12.1. The fourth-order valence-electron chi connectivity index (χ4n) is 14.0. The molecule has 0 fully saturated rings. The van der Waals surface area contributed by atoms with Crippen LogP contribution in [-0.4, -0.2) is 5.54 Å². The van der Waals surface area contributed by atoms with Crippen LogP contribution in [0.25, 0.3) is 11.1 Å². The molecular weight excluding hydrogens is 735 g/mol. The largest absolute Gasteiger partial charge is 0.327 e. The number of allylic oxidation sites excluding steroid dienone is 4. The molecule has 4 aliphatic carbocycles. The highest BCUT2D eigenvalue weighted by Gasteiger charge is 2.70. The first-order valence-electron chi connectivity index (χ1n) is 22.1. The topological polar surface area (TPSA) is 3.24 Å². The minimum absolute atomic E-state index is 0.226. The Morgan fingerprint density at radius 2 is 0.820 bits per heavy atom. The molecule has 1 aliphatic heterocycles. The summed E-state index contributed by atoms with van der Waals surface area (Å²) in [6, 6.07) is 71.1. The molecule has 0 spiro atoms. The minimum atomic E-state index is -0.553. The van der Waals surface area contributed by atoms with Crippen molar-refractivity contribution in [1.29, 1.82) is 0 Å². The van der Waals surface area contributed by atoms with Crippen molar-refractivity contribution in [3.8, 4) is 11.1 Å². The van der Waals surface area contributed by atoms with Crippen molar-refractivity contribution in [2.75, 3.05) is 4.90 Å². The fourth-order valence-corrected chi connectivity index (χ4v) is 14.0. The highest BCUT2D eigenvalue weighted by Crippen LogP contribution is 2.76. The highest BCUT2D eigenvalue weighted by molar-refractivity contribution is 5.92. The number of para-hydroxylation sites is 2. The summed E-state index contributed by atoms with van der Waals surface area (Å²) in [7, 11) is 0. The minimum Gasteiger partial charge on any atom is -0.327 e. The van der Waals surface area contributed by atoms with E-state index in [1.165, 1.54) is 83.7 Å². The van der Waals surface area contributed by atoms with Crippen LogP contribution < -0.4 is 4.90 Å². The van der Waals surface area contributed by atoms with E-state index in [9.17, 15) is 0 Å². The molecule has 0 radical (unpaired) electrons. The van der Waals surface area contributed by atoms with Gasteiger partial charge in [-0.2, -0.15) is 0 Å². The van der Waals surface area contributed by atoms with Crippen LogP contribution in [0.5, 0.6) is 0 Å². The van der Waals surface area contributed by atoms with Crippen molar-refractivity contribution in [3.63, 3.8) is 0 Å². The molecule has 0 saturated heterocycles. The molecule has 296 valence electrons. The lowest BCUT2D eigenvalue weighted by Gasteiger charge is -2.63. The highest BCUT2D eigenvalue weighted by atomic mass is 15.2. The Morgan fingerprint density at radius 3 is 1.44 bits per heavy atom. The summed E-state index contributed by atoms with van der Waals surface area (Å²) < 4.78 is 0. The first kappa shape index (κ1) is 36.4. The molecule has 12 rings (SSSR count). The Hall–Kier alpha value is -6.44. The molecule has 7 aromatic rings. The van der Waals surface area contributed by atoms with E-state index in [2.05, 4.69) is 247 Å². The molecule has 0 aromatic heterocycles. The smallest absolute Gasteiger partial charge is 0.0836 e. The fraction of sp³-hybridized carbons (Fsp3) is 0.200.